The number of tetrazole rings is 1. The largest absolute Gasteiger partial charge is 0.481 e. The molecule has 1 aromatic carbocycles. The molecule has 0 radical (unpaired) electrons. The predicted octanol–water partition coefficient (Wildman–Crippen LogP) is 2.77. The third-order valence-electron chi connectivity index (χ3n) is 4.97. The van der Waals surface area contributed by atoms with E-state index in [0.29, 0.717) is 42.1 Å². The zero-order valence-corrected chi connectivity index (χ0v) is 16.3. The van der Waals surface area contributed by atoms with Gasteiger partial charge in [-0.2, -0.15) is 9.90 Å². The van der Waals surface area contributed by atoms with Gasteiger partial charge in [0.25, 0.3) is 0 Å². The second-order valence-electron chi connectivity index (χ2n) is 6.91. The molecule has 0 amide bonds. The van der Waals surface area contributed by atoms with E-state index in [-0.39, 0.29) is 12.4 Å². The summed E-state index contributed by atoms with van der Waals surface area (Å²) < 4.78 is 15.7. The Morgan fingerprint density at radius 2 is 2.03 bits per heavy atom. The summed E-state index contributed by atoms with van der Waals surface area (Å²) in [6, 6.07) is 10.1. The molecule has 1 unspecified atom stereocenters. The highest BCUT2D eigenvalue weighted by atomic mass is 19.1. The number of aryl methyl sites for hydroxylation is 1. The summed E-state index contributed by atoms with van der Waals surface area (Å²) >= 11 is 0. The maximum Gasteiger partial charge on any atom is 0.306 e. The molecule has 30 heavy (non-hydrogen) atoms. The van der Waals surface area contributed by atoms with Gasteiger partial charge in [-0.15, -0.1) is 10.2 Å². The molecule has 0 fully saturated rings. The Labute approximate surface area is 171 Å². The summed E-state index contributed by atoms with van der Waals surface area (Å²) in [5.74, 6) is -1.29. The van der Waals surface area contributed by atoms with Crippen molar-refractivity contribution in [2.45, 2.75) is 32.9 Å². The lowest BCUT2D eigenvalue weighted by Gasteiger charge is -2.07. The number of carboxylic acids is 1. The van der Waals surface area contributed by atoms with Crippen LogP contribution in [0.1, 0.15) is 25.3 Å². The number of halogens is 1. The first-order chi connectivity index (χ1) is 14.6. The van der Waals surface area contributed by atoms with Crippen molar-refractivity contribution in [3.8, 4) is 11.5 Å². The minimum atomic E-state index is -0.832. The summed E-state index contributed by atoms with van der Waals surface area (Å²) in [7, 11) is 0. The molecule has 9 nitrogen and oxygen atoms in total. The number of fused-ring (bicyclic) bond motifs is 1. The maximum absolute atomic E-state index is 14.1. The van der Waals surface area contributed by atoms with Crippen LogP contribution in [0.25, 0.3) is 22.6 Å². The highest BCUT2D eigenvalue weighted by Gasteiger charge is 2.19. The molecular weight excluding hydrogens is 389 g/mol. The van der Waals surface area contributed by atoms with E-state index in [2.05, 4.69) is 25.5 Å². The van der Waals surface area contributed by atoms with Gasteiger partial charge in [0, 0.05) is 11.8 Å². The zero-order valence-electron chi connectivity index (χ0n) is 16.3. The third-order valence-corrected chi connectivity index (χ3v) is 4.97. The summed E-state index contributed by atoms with van der Waals surface area (Å²) in [5, 5.41) is 26.9. The molecule has 0 bridgehead atoms. The van der Waals surface area contributed by atoms with Crippen molar-refractivity contribution in [1.29, 1.82) is 0 Å². The summed E-state index contributed by atoms with van der Waals surface area (Å²) in [4.78, 5) is 16.9. The zero-order chi connectivity index (χ0) is 21.1. The molecule has 3 aromatic heterocycles. The van der Waals surface area contributed by atoms with Gasteiger partial charge in [-0.1, -0.05) is 25.1 Å². The molecular formula is C20H20FN7O2. The molecule has 1 atom stereocenters. The lowest BCUT2D eigenvalue weighted by molar-refractivity contribution is -0.142. The molecule has 4 aromatic rings. The fourth-order valence-corrected chi connectivity index (χ4v) is 3.28. The Kier molecular flexibility index (Phi) is 5.46. The van der Waals surface area contributed by atoms with Crippen LogP contribution < -0.4 is 0 Å². The molecule has 0 aliphatic rings. The predicted molar refractivity (Wildman–Crippen MR) is 106 cm³/mol. The van der Waals surface area contributed by atoms with Crippen LogP contribution in [0.3, 0.4) is 0 Å². The lowest BCUT2D eigenvalue weighted by atomic mass is 10.0. The van der Waals surface area contributed by atoms with E-state index >= 15 is 0 Å². The van der Waals surface area contributed by atoms with E-state index in [1.165, 1.54) is 10.9 Å². The number of carboxylic acid groups (broad SMARTS) is 1. The second kappa shape index (κ2) is 8.36. The molecule has 10 heteroatoms. The van der Waals surface area contributed by atoms with E-state index in [9.17, 15) is 14.3 Å². The highest BCUT2D eigenvalue weighted by Crippen LogP contribution is 2.24. The van der Waals surface area contributed by atoms with Gasteiger partial charge in [0.15, 0.2) is 5.65 Å². The molecule has 3 heterocycles. The van der Waals surface area contributed by atoms with Gasteiger partial charge in [0.1, 0.15) is 11.5 Å². The summed E-state index contributed by atoms with van der Waals surface area (Å²) in [6.45, 7) is 2.38. The Hall–Kier alpha value is -3.69. The number of hydrogen-bond acceptors (Lipinski definition) is 6. The van der Waals surface area contributed by atoms with Gasteiger partial charge in [-0.25, -0.2) is 14.1 Å². The summed E-state index contributed by atoms with van der Waals surface area (Å²) in [6.07, 6.45) is 2.59. The minimum Gasteiger partial charge on any atom is -0.481 e. The van der Waals surface area contributed by atoms with Crippen LogP contribution in [0.4, 0.5) is 4.39 Å². The normalized spacial score (nSPS) is 12.3. The van der Waals surface area contributed by atoms with Crippen molar-refractivity contribution in [1.82, 2.24) is 35.0 Å². The van der Waals surface area contributed by atoms with Gasteiger partial charge in [0.2, 0.25) is 5.82 Å². The van der Waals surface area contributed by atoms with Crippen LogP contribution >= 0.6 is 0 Å². The first kappa shape index (κ1) is 19.6. The average molecular weight is 409 g/mol. The van der Waals surface area contributed by atoms with Crippen LogP contribution in [-0.2, 0) is 17.9 Å². The van der Waals surface area contributed by atoms with Crippen LogP contribution in [0.15, 0.2) is 42.6 Å². The Balaban J connectivity index is 1.63. The van der Waals surface area contributed by atoms with Crippen molar-refractivity contribution in [2.75, 3.05) is 0 Å². The topological polar surface area (TPSA) is 112 Å². The average Bonchev–Trinajstić information content (AvgIpc) is 3.35. The molecule has 1 N–H and O–H groups in total. The Bertz CT molecular complexity index is 1190. The van der Waals surface area contributed by atoms with Gasteiger partial charge in [-0.05, 0) is 36.3 Å². The van der Waals surface area contributed by atoms with E-state index in [4.69, 9.17) is 0 Å². The van der Waals surface area contributed by atoms with Gasteiger partial charge in [0.05, 0.1) is 24.4 Å². The summed E-state index contributed by atoms with van der Waals surface area (Å²) in [5.41, 5.74) is 1.57. The third kappa shape index (κ3) is 3.88. The van der Waals surface area contributed by atoms with Crippen molar-refractivity contribution in [3.63, 3.8) is 0 Å². The van der Waals surface area contributed by atoms with Crippen LogP contribution in [0.5, 0.6) is 0 Å². The lowest BCUT2D eigenvalue weighted by Crippen LogP contribution is -2.16. The van der Waals surface area contributed by atoms with Crippen molar-refractivity contribution in [3.05, 3.63) is 54.0 Å². The molecule has 0 saturated carbocycles. The Morgan fingerprint density at radius 1 is 1.20 bits per heavy atom. The minimum absolute atomic E-state index is 0.213. The number of carbonyl (C=O) groups is 1. The number of rotatable bonds is 8. The fraction of sp³-hybridized carbons (Fsp3) is 0.300. The van der Waals surface area contributed by atoms with Gasteiger partial charge >= 0.3 is 5.97 Å². The standard InChI is InChI=1S/C20H20FN7O2/c1-2-13(20(29)30)9-11-28-25-18(23-26-28)17-15-7-5-10-22-19(15)27(24-17)12-14-6-3-4-8-16(14)21/h3-8,10,13H,2,9,11-12H2,1H3,(H,29,30). The number of nitrogens with zero attached hydrogens (tertiary/aromatic N) is 7. The first-order valence-corrected chi connectivity index (χ1v) is 9.62. The van der Waals surface area contributed by atoms with Gasteiger partial charge < -0.3 is 5.11 Å². The molecule has 154 valence electrons. The van der Waals surface area contributed by atoms with E-state index in [1.807, 2.05) is 13.0 Å². The molecule has 4 rings (SSSR count). The number of pyridine rings is 1. The highest BCUT2D eigenvalue weighted by molar-refractivity contribution is 5.88. The number of hydrogen-bond donors (Lipinski definition) is 1. The van der Waals surface area contributed by atoms with Crippen molar-refractivity contribution in [2.24, 2.45) is 5.92 Å². The van der Waals surface area contributed by atoms with E-state index in [0.717, 1.165) is 5.39 Å². The van der Waals surface area contributed by atoms with E-state index < -0.39 is 11.9 Å². The number of benzene rings is 1. The smallest absolute Gasteiger partial charge is 0.306 e. The Morgan fingerprint density at radius 3 is 2.80 bits per heavy atom. The monoisotopic (exact) mass is 409 g/mol. The quantitative estimate of drug-likeness (QED) is 0.476. The molecule has 0 saturated heterocycles. The van der Waals surface area contributed by atoms with Crippen LogP contribution in [0.2, 0.25) is 0 Å². The second-order valence-corrected chi connectivity index (χ2v) is 6.91. The van der Waals surface area contributed by atoms with Crippen molar-refractivity contribution >= 4 is 17.0 Å². The van der Waals surface area contributed by atoms with Gasteiger partial charge in [-0.3, -0.25) is 4.79 Å². The number of aromatic nitrogens is 7. The molecule has 0 aliphatic carbocycles. The number of aliphatic carboxylic acids is 1. The van der Waals surface area contributed by atoms with Crippen LogP contribution in [-0.4, -0.2) is 46.0 Å². The maximum atomic E-state index is 14.1. The first-order valence-electron chi connectivity index (χ1n) is 9.62. The van der Waals surface area contributed by atoms with Crippen molar-refractivity contribution < 1.29 is 14.3 Å². The fourth-order valence-electron chi connectivity index (χ4n) is 3.28. The molecule has 0 aliphatic heterocycles. The SMILES string of the molecule is CCC(CCn1nnc(-c2nn(Cc3ccccc3F)c3ncccc23)n1)C(=O)O. The van der Waals surface area contributed by atoms with Crippen LogP contribution in [0, 0.1) is 11.7 Å². The van der Waals surface area contributed by atoms with E-state index in [1.54, 1.807) is 35.1 Å². The molecule has 0 spiro atoms.